The van der Waals surface area contributed by atoms with E-state index in [1.807, 2.05) is 0 Å². The highest BCUT2D eigenvalue weighted by molar-refractivity contribution is 9.10. The summed E-state index contributed by atoms with van der Waals surface area (Å²) in [7, 11) is -8.93. The fraction of sp³-hybridized carbons (Fsp3) is 0.176. The third-order valence-corrected chi connectivity index (χ3v) is 13.7. The Hall–Kier alpha value is -3.17. The average molecular weight is 835 g/mol. The van der Waals surface area contributed by atoms with Crippen molar-refractivity contribution in [2.24, 2.45) is 0 Å². The molecule has 1 aliphatic rings. The fourth-order valence-electron chi connectivity index (χ4n) is 6.45. The van der Waals surface area contributed by atoms with Gasteiger partial charge in [0.05, 0.1) is 34.6 Å². The lowest BCUT2D eigenvalue weighted by molar-refractivity contribution is -0.822. The number of hydrogen-bond acceptors (Lipinski definition) is 6. The third-order valence-electron chi connectivity index (χ3n) is 8.75. The van der Waals surface area contributed by atoms with E-state index in [0.29, 0.717) is 21.5 Å². The predicted molar refractivity (Wildman–Crippen MR) is 191 cm³/mol. The molecule has 1 aliphatic heterocycles. The monoisotopic (exact) mass is 832 g/mol. The Labute approximate surface area is 300 Å². The van der Waals surface area contributed by atoms with Crippen molar-refractivity contribution in [2.45, 2.75) is 35.9 Å². The van der Waals surface area contributed by atoms with Gasteiger partial charge in [0, 0.05) is 19.4 Å². The highest BCUT2D eigenvalue weighted by atomic mass is 79.9. The molecule has 6 rings (SSSR count). The van der Waals surface area contributed by atoms with Crippen molar-refractivity contribution in [3.8, 4) is 0 Å². The minimum absolute atomic E-state index is 0.0925. The lowest BCUT2D eigenvalue weighted by atomic mass is 9.97. The number of piperazine rings is 1. The standard InChI is InChI=1S/C34H29Br2ClN3O6S2/c1-22-20-38(21-23(2)40(22,33(41)24-8-12-27(35)13-9-24)34(42)25-10-14-28(36)15-11-25)48(45,46)32-19-26-18-29(37)16-17-31(26)39(32)47(43,44)30-6-4-3-5-7-30/h3-19,22-23H,20-21H2,1-2H3/q+1/t22-,23+. The Bertz CT molecular complexity index is 2210. The molecule has 0 spiro atoms. The van der Waals surface area contributed by atoms with E-state index in [1.54, 1.807) is 80.6 Å². The van der Waals surface area contributed by atoms with Gasteiger partial charge in [-0.25, -0.2) is 30.4 Å². The van der Waals surface area contributed by atoms with Crippen molar-refractivity contribution < 1.29 is 30.9 Å². The number of fused-ring (bicyclic) bond motifs is 1. The average Bonchev–Trinajstić information content (AvgIpc) is 3.46. The molecule has 1 aromatic heterocycles. The van der Waals surface area contributed by atoms with Crippen LogP contribution in [0.4, 0.5) is 0 Å². The first kappa shape index (κ1) is 34.7. The summed E-state index contributed by atoms with van der Waals surface area (Å²) >= 11 is 13.0. The van der Waals surface area contributed by atoms with E-state index < -0.39 is 53.5 Å². The summed E-state index contributed by atoms with van der Waals surface area (Å²) in [5.74, 6) is -0.939. The van der Waals surface area contributed by atoms with Crippen LogP contribution in [0.2, 0.25) is 5.02 Å². The van der Waals surface area contributed by atoms with Gasteiger partial charge in [-0.15, -0.1) is 0 Å². The van der Waals surface area contributed by atoms with E-state index in [2.05, 4.69) is 31.9 Å². The lowest BCUT2D eigenvalue weighted by Gasteiger charge is -2.48. The van der Waals surface area contributed by atoms with Crippen LogP contribution in [0.1, 0.15) is 34.6 Å². The molecule has 248 valence electrons. The summed E-state index contributed by atoms with van der Waals surface area (Å²) in [4.78, 5) is 28.9. The van der Waals surface area contributed by atoms with Gasteiger partial charge in [0.25, 0.3) is 20.0 Å². The van der Waals surface area contributed by atoms with Gasteiger partial charge in [-0.2, -0.15) is 8.79 Å². The van der Waals surface area contributed by atoms with Crippen LogP contribution in [0.3, 0.4) is 0 Å². The second-order valence-electron chi connectivity index (χ2n) is 11.7. The quantitative estimate of drug-likeness (QED) is 0.131. The van der Waals surface area contributed by atoms with Crippen LogP contribution < -0.4 is 0 Å². The highest BCUT2D eigenvalue weighted by Gasteiger charge is 2.58. The summed E-state index contributed by atoms with van der Waals surface area (Å²) in [5.41, 5.74) is 0.732. The van der Waals surface area contributed by atoms with Gasteiger partial charge in [-0.1, -0.05) is 61.7 Å². The molecule has 9 nitrogen and oxygen atoms in total. The SMILES string of the molecule is C[C@@H]1CN(S(=O)(=O)c2cc3cc(Cl)ccc3n2S(=O)(=O)c2ccccc2)C[C@H](C)[N+]1(C(=O)c1ccc(Br)cc1)C(=O)c1ccc(Br)cc1. The Morgan fingerprint density at radius 3 is 1.71 bits per heavy atom. The van der Waals surface area contributed by atoms with Crippen LogP contribution in [-0.2, 0) is 20.0 Å². The summed E-state index contributed by atoms with van der Waals surface area (Å²) in [6.45, 7) is 2.85. The minimum Gasteiger partial charge on any atom is -0.225 e. The first-order valence-corrected chi connectivity index (χ1v) is 19.6. The molecule has 0 saturated carbocycles. The van der Waals surface area contributed by atoms with E-state index in [-0.39, 0.29) is 23.5 Å². The maximum atomic E-state index is 14.6. The van der Waals surface area contributed by atoms with Crippen LogP contribution in [0.5, 0.6) is 0 Å². The maximum Gasteiger partial charge on any atom is 0.354 e. The van der Waals surface area contributed by atoms with Crippen LogP contribution in [0, 0.1) is 0 Å². The predicted octanol–water partition coefficient (Wildman–Crippen LogP) is 7.34. The number of quaternary nitrogens is 1. The number of hydrogen-bond donors (Lipinski definition) is 0. The summed E-state index contributed by atoms with van der Waals surface area (Å²) in [6.07, 6.45) is 0. The molecular weight excluding hydrogens is 806 g/mol. The molecule has 14 heteroatoms. The van der Waals surface area contributed by atoms with E-state index >= 15 is 0 Å². The van der Waals surface area contributed by atoms with Crippen molar-refractivity contribution in [3.63, 3.8) is 0 Å². The number of amides is 2. The molecule has 4 aromatic carbocycles. The zero-order chi connectivity index (χ0) is 34.6. The second kappa shape index (κ2) is 12.9. The van der Waals surface area contributed by atoms with Crippen molar-refractivity contribution >= 4 is 86.2 Å². The van der Waals surface area contributed by atoms with Gasteiger partial charge in [0.15, 0.2) is 5.03 Å². The van der Waals surface area contributed by atoms with Gasteiger partial charge < -0.3 is 0 Å². The molecule has 0 aliphatic carbocycles. The van der Waals surface area contributed by atoms with Crippen molar-refractivity contribution in [2.75, 3.05) is 13.1 Å². The topological polar surface area (TPSA) is 111 Å². The van der Waals surface area contributed by atoms with E-state index in [1.165, 1.54) is 36.4 Å². The fourth-order valence-corrected chi connectivity index (χ4v) is 10.8. The normalized spacial score (nSPS) is 18.5. The molecule has 1 saturated heterocycles. The summed E-state index contributed by atoms with van der Waals surface area (Å²) in [5, 5.41) is 0.155. The molecule has 0 N–H and O–H groups in total. The summed E-state index contributed by atoms with van der Waals surface area (Å²) < 4.78 is 60.2. The molecular formula is C34H29Br2ClN3O6S2+. The molecule has 48 heavy (non-hydrogen) atoms. The molecule has 2 heterocycles. The Kier molecular flexibility index (Phi) is 9.35. The van der Waals surface area contributed by atoms with Crippen LogP contribution in [0.15, 0.2) is 122 Å². The molecule has 1 fully saturated rings. The highest BCUT2D eigenvalue weighted by Crippen LogP contribution is 2.37. The number of aromatic nitrogens is 1. The van der Waals surface area contributed by atoms with Gasteiger partial charge in [-0.3, -0.25) is 0 Å². The van der Waals surface area contributed by atoms with Gasteiger partial charge in [0.1, 0.15) is 12.1 Å². The zero-order valence-electron chi connectivity index (χ0n) is 25.6. The largest absolute Gasteiger partial charge is 0.354 e. The number of halogens is 3. The number of nitrogens with zero attached hydrogens (tertiary/aromatic N) is 3. The van der Waals surface area contributed by atoms with Crippen LogP contribution in [0.25, 0.3) is 10.9 Å². The Morgan fingerprint density at radius 1 is 0.708 bits per heavy atom. The summed E-state index contributed by atoms with van der Waals surface area (Å²) in [6, 6.07) is 24.9. The molecule has 0 bridgehead atoms. The first-order valence-electron chi connectivity index (χ1n) is 14.8. The number of sulfonamides is 1. The van der Waals surface area contributed by atoms with Crippen molar-refractivity contribution in [3.05, 3.63) is 128 Å². The zero-order valence-corrected chi connectivity index (χ0v) is 31.2. The van der Waals surface area contributed by atoms with E-state index in [0.717, 1.165) is 17.2 Å². The molecule has 0 unspecified atom stereocenters. The number of rotatable bonds is 6. The molecule has 5 aromatic rings. The first-order chi connectivity index (χ1) is 22.7. The molecule has 0 radical (unpaired) electrons. The number of imide groups is 1. The van der Waals surface area contributed by atoms with Crippen molar-refractivity contribution in [1.82, 2.24) is 8.28 Å². The number of benzene rings is 4. The van der Waals surface area contributed by atoms with Crippen molar-refractivity contribution in [1.29, 1.82) is 0 Å². The maximum absolute atomic E-state index is 14.6. The Balaban J connectivity index is 1.48. The van der Waals surface area contributed by atoms with Crippen LogP contribution >= 0.6 is 43.5 Å². The third kappa shape index (κ3) is 5.78. The lowest BCUT2D eigenvalue weighted by Crippen LogP contribution is -2.74. The Morgan fingerprint density at radius 2 is 1.21 bits per heavy atom. The van der Waals surface area contributed by atoms with Gasteiger partial charge >= 0.3 is 11.8 Å². The van der Waals surface area contributed by atoms with Crippen LogP contribution in [-0.4, -0.2) is 66.6 Å². The molecule has 2 amide bonds. The minimum atomic E-state index is -4.54. The van der Waals surface area contributed by atoms with Gasteiger partial charge in [-0.05, 0) is 98.8 Å². The second-order valence-corrected chi connectivity index (χ2v) is 17.6. The van der Waals surface area contributed by atoms with E-state index in [4.69, 9.17) is 11.6 Å². The number of carbonyl (C=O) groups excluding carboxylic acids is 2. The smallest absolute Gasteiger partial charge is 0.225 e. The number of carbonyl (C=O) groups is 2. The van der Waals surface area contributed by atoms with Gasteiger partial charge in [0.2, 0.25) is 0 Å². The molecule has 2 atom stereocenters. The van der Waals surface area contributed by atoms with E-state index in [9.17, 15) is 26.4 Å².